The van der Waals surface area contributed by atoms with Crippen molar-refractivity contribution in [1.82, 2.24) is 16.0 Å². The molecule has 0 radical (unpaired) electrons. The number of carbonyl (C=O) groups excluding carboxylic acids is 4. The molecule has 0 spiro atoms. The molecular weight excluding hydrogens is 605 g/mol. The first kappa shape index (κ1) is 44.5. The molecule has 0 heterocycles. The molecular formula is C36H52LiN5O6-2. The normalized spacial score (nSPS) is 12.6. The van der Waals surface area contributed by atoms with Gasteiger partial charge in [-0.3, -0.25) is 19.2 Å². The summed E-state index contributed by atoms with van der Waals surface area (Å²) in [5.74, 6) is -2.06. The Bertz CT molecular complexity index is 1230. The number of rotatable bonds is 20. The van der Waals surface area contributed by atoms with Crippen LogP contribution in [0.5, 0.6) is 0 Å². The molecule has 3 atom stereocenters. The van der Waals surface area contributed by atoms with E-state index in [1.54, 1.807) is 0 Å². The van der Waals surface area contributed by atoms with Crippen molar-refractivity contribution in [3.8, 4) is 0 Å². The first-order valence-electron chi connectivity index (χ1n) is 16.1. The molecule has 2 aromatic carbocycles. The summed E-state index contributed by atoms with van der Waals surface area (Å²) in [6.45, 7) is 11.2. The van der Waals surface area contributed by atoms with E-state index in [9.17, 15) is 24.0 Å². The van der Waals surface area contributed by atoms with Crippen LogP contribution in [-0.4, -0.2) is 65.3 Å². The molecule has 11 nitrogen and oxygen atoms in total. The van der Waals surface area contributed by atoms with Crippen LogP contribution in [0, 0.1) is 19.8 Å². The second-order valence-corrected chi connectivity index (χ2v) is 11.9. The minimum absolute atomic E-state index is 0. The zero-order chi connectivity index (χ0) is 35.2. The number of nitrogens with one attached hydrogen (secondary N) is 3. The third-order valence-electron chi connectivity index (χ3n) is 7.48. The number of hydrogen-bond donors (Lipinski definition) is 6. The molecule has 48 heavy (non-hydrogen) atoms. The number of aliphatic carboxylic acids is 1. The molecule has 0 unspecified atom stereocenters. The molecule has 3 amide bonds. The van der Waals surface area contributed by atoms with Gasteiger partial charge in [0.2, 0.25) is 17.7 Å². The van der Waals surface area contributed by atoms with Crippen molar-refractivity contribution in [1.29, 1.82) is 0 Å². The smallest absolute Gasteiger partial charge is 0.540 e. The predicted octanol–water partition coefficient (Wildman–Crippen LogP) is -0.178. The molecule has 0 aliphatic heterocycles. The average Bonchev–Trinajstić information content (AvgIpc) is 3.06. The molecule has 0 bridgehead atoms. The van der Waals surface area contributed by atoms with Gasteiger partial charge in [0.05, 0.1) is 5.54 Å². The fourth-order valence-corrected chi connectivity index (χ4v) is 4.47. The SMILES string of the molecule is CC(C)C[C@@H](NC(=O)[C@@H](Cc1ccccc1)NC(=O)CCc1ccccc1)C(=O)N[C@@H]([C-]=O)CCCCN.[CH2-]CC(N)(C[CH2-])C(=O)O.[Li+]. The Morgan fingerprint density at radius 3 is 1.85 bits per heavy atom. The Labute approximate surface area is 297 Å². The summed E-state index contributed by atoms with van der Waals surface area (Å²) < 4.78 is 0. The van der Waals surface area contributed by atoms with Gasteiger partial charge in [-0.05, 0) is 42.9 Å². The third kappa shape index (κ3) is 17.6. The molecule has 8 N–H and O–H groups in total. The van der Waals surface area contributed by atoms with Gasteiger partial charge >= 0.3 is 24.8 Å². The number of carbonyl (C=O) groups is 4. The van der Waals surface area contributed by atoms with Crippen molar-refractivity contribution in [2.24, 2.45) is 17.4 Å². The Kier molecular flexibility index (Phi) is 22.8. The van der Waals surface area contributed by atoms with Crippen LogP contribution in [-0.2, 0) is 36.8 Å². The molecule has 2 rings (SSSR count). The van der Waals surface area contributed by atoms with Gasteiger partial charge < -0.3 is 51.2 Å². The second kappa shape index (κ2) is 24.6. The maximum atomic E-state index is 13.4. The zero-order valence-corrected chi connectivity index (χ0v) is 28.7. The number of nitrogens with two attached hydrogens (primary N) is 2. The topological polar surface area (TPSA) is 194 Å². The van der Waals surface area contributed by atoms with E-state index in [-0.39, 0.29) is 56.4 Å². The summed E-state index contributed by atoms with van der Waals surface area (Å²) in [6.07, 6.45) is 5.53. The summed E-state index contributed by atoms with van der Waals surface area (Å²) in [5, 5.41) is 16.8. The van der Waals surface area contributed by atoms with Crippen molar-refractivity contribution in [2.75, 3.05) is 6.54 Å². The molecule has 2 aromatic rings. The van der Waals surface area contributed by atoms with Crippen LogP contribution in [0.1, 0.15) is 69.9 Å². The van der Waals surface area contributed by atoms with E-state index >= 15 is 0 Å². The van der Waals surface area contributed by atoms with E-state index in [2.05, 4.69) is 29.8 Å². The fraction of sp³-hybridized carbons (Fsp3) is 0.472. The van der Waals surface area contributed by atoms with E-state index in [0.717, 1.165) is 17.5 Å². The minimum Gasteiger partial charge on any atom is -0.540 e. The molecule has 260 valence electrons. The molecule has 0 aromatic heterocycles. The van der Waals surface area contributed by atoms with Gasteiger partial charge in [-0.1, -0.05) is 93.4 Å². The zero-order valence-electron chi connectivity index (χ0n) is 28.7. The second-order valence-electron chi connectivity index (χ2n) is 11.9. The standard InChI is InChI=1S/C30H41N4O4.C6H11NO2.Li/c1-22(2)19-26(29(37)32-25(21-35)15-9-10-18-31)34-30(38)27(20-24-13-7-4-8-14-24)33-28(36)17-16-23-11-5-3-6-12-23;1-3-6(7,4-2)5(8)9;/h3-8,11-14,22,25-27H,9-10,15-20,31H2,1-2H3,(H,32,37)(H,33,36)(H,34,38);1-4,7H2,(H,8,9);/q-1;-2;+1/t25-,26-,27-;;/m1../s1. The van der Waals surface area contributed by atoms with Gasteiger partial charge in [-0.25, -0.2) is 6.29 Å². The Morgan fingerprint density at radius 1 is 0.854 bits per heavy atom. The van der Waals surface area contributed by atoms with E-state index < -0.39 is 41.4 Å². The Balaban J connectivity index is 0.00000193. The minimum atomic E-state index is -1.22. The van der Waals surface area contributed by atoms with Crippen LogP contribution < -0.4 is 46.3 Å². The number of amides is 3. The molecule has 0 aliphatic rings. The van der Waals surface area contributed by atoms with Crippen LogP contribution in [0.4, 0.5) is 0 Å². The predicted molar refractivity (Wildman–Crippen MR) is 183 cm³/mol. The van der Waals surface area contributed by atoms with Crippen molar-refractivity contribution < 1.29 is 47.9 Å². The molecule has 0 saturated carbocycles. The maximum Gasteiger partial charge on any atom is 1.00 e. The van der Waals surface area contributed by atoms with Crippen LogP contribution in [0.2, 0.25) is 0 Å². The maximum absolute atomic E-state index is 13.4. The largest absolute Gasteiger partial charge is 1.00 e. The summed E-state index contributed by atoms with van der Waals surface area (Å²) in [7, 11) is 0. The number of benzene rings is 2. The van der Waals surface area contributed by atoms with Gasteiger partial charge in [0, 0.05) is 12.8 Å². The summed E-state index contributed by atoms with van der Waals surface area (Å²) >= 11 is 0. The first-order valence-corrected chi connectivity index (χ1v) is 16.1. The quantitative estimate of drug-likeness (QED) is 0.0641. The van der Waals surface area contributed by atoms with Gasteiger partial charge in [0.25, 0.3) is 0 Å². The van der Waals surface area contributed by atoms with Crippen LogP contribution in [0.15, 0.2) is 60.7 Å². The summed E-state index contributed by atoms with van der Waals surface area (Å²) in [6, 6.07) is 16.6. The summed E-state index contributed by atoms with van der Waals surface area (Å²) in [4.78, 5) is 61.0. The Morgan fingerprint density at radius 2 is 1.40 bits per heavy atom. The Hall–Kier alpha value is -3.49. The molecule has 12 heteroatoms. The fourth-order valence-electron chi connectivity index (χ4n) is 4.47. The summed E-state index contributed by atoms with van der Waals surface area (Å²) in [5.41, 5.74) is 11.5. The molecule has 0 saturated heterocycles. The van der Waals surface area contributed by atoms with Crippen molar-refractivity contribution in [3.05, 3.63) is 85.6 Å². The number of aryl methyl sites for hydroxylation is 1. The first-order chi connectivity index (χ1) is 22.4. The number of carboxylic acids is 1. The molecule has 0 fully saturated rings. The van der Waals surface area contributed by atoms with Gasteiger partial charge in [0.1, 0.15) is 12.1 Å². The van der Waals surface area contributed by atoms with Crippen molar-refractivity contribution >= 4 is 30.0 Å². The van der Waals surface area contributed by atoms with E-state index in [1.165, 1.54) is 0 Å². The van der Waals surface area contributed by atoms with Gasteiger partial charge in [-0.2, -0.15) is 12.8 Å². The third-order valence-corrected chi connectivity index (χ3v) is 7.48. The van der Waals surface area contributed by atoms with Crippen LogP contribution >= 0.6 is 0 Å². The monoisotopic (exact) mass is 657 g/mol. The average molecular weight is 658 g/mol. The van der Waals surface area contributed by atoms with Crippen molar-refractivity contribution in [3.63, 3.8) is 0 Å². The van der Waals surface area contributed by atoms with Gasteiger partial charge in [-0.15, -0.1) is 0 Å². The van der Waals surface area contributed by atoms with Crippen molar-refractivity contribution in [2.45, 2.75) is 95.3 Å². The molecule has 0 aliphatic carbocycles. The van der Waals surface area contributed by atoms with Gasteiger partial charge in [0.15, 0.2) is 0 Å². The van der Waals surface area contributed by atoms with Crippen LogP contribution in [0.3, 0.4) is 0 Å². The van der Waals surface area contributed by atoms with Crippen LogP contribution in [0.25, 0.3) is 0 Å². The number of hydrogen-bond acceptors (Lipinski definition) is 7. The number of carboxylic acid groups (broad SMARTS) is 1. The number of unbranched alkanes of at least 4 members (excludes halogenated alkanes) is 1. The van der Waals surface area contributed by atoms with E-state index in [4.69, 9.17) is 16.6 Å². The van der Waals surface area contributed by atoms with E-state index in [0.29, 0.717) is 32.2 Å². The van der Waals surface area contributed by atoms with E-state index in [1.807, 2.05) is 80.8 Å².